The van der Waals surface area contributed by atoms with E-state index in [2.05, 4.69) is 15.9 Å². The number of amides is 1. The van der Waals surface area contributed by atoms with E-state index in [9.17, 15) is 13.2 Å². The molecule has 0 spiro atoms. The summed E-state index contributed by atoms with van der Waals surface area (Å²) >= 11 is 4.49. The number of thiophene rings is 1. The number of carbonyl (C=O) groups excluding carboxylic acids is 1. The molecule has 1 fully saturated rings. The SMILES string of the molecule is COc1cccc(CC(=O)N2CCN(S(=O)(=O)c3ccc(Br)s3)CC2)c1. The molecule has 0 unspecified atom stereocenters. The Kier molecular flexibility index (Phi) is 6.01. The number of sulfonamides is 1. The van der Waals surface area contributed by atoms with Gasteiger partial charge in [0.2, 0.25) is 5.91 Å². The Balaban J connectivity index is 1.60. The van der Waals surface area contributed by atoms with Crippen LogP contribution in [0.25, 0.3) is 0 Å². The van der Waals surface area contributed by atoms with Gasteiger partial charge in [-0.25, -0.2) is 8.42 Å². The van der Waals surface area contributed by atoms with E-state index in [1.54, 1.807) is 24.1 Å². The first-order valence-electron chi connectivity index (χ1n) is 8.06. The molecule has 9 heteroatoms. The summed E-state index contributed by atoms with van der Waals surface area (Å²) < 4.78 is 33.0. The summed E-state index contributed by atoms with van der Waals surface area (Å²) in [5.74, 6) is 0.711. The molecule has 140 valence electrons. The monoisotopic (exact) mass is 458 g/mol. The van der Waals surface area contributed by atoms with Crippen molar-refractivity contribution in [2.45, 2.75) is 10.6 Å². The minimum atomic E-state index is -3.49. The van der Waals surface area contributed by atoms with Crippen LogP contribution in [0.1, 0.15) is 5.56 Å². The van der Waals surface area contributed by atoms with Crippen LogP contribution in [-0.2, 0) is 21.2 Å². The van der Waals surface area contributed by atoms with Gasteiger partial charge in [-0.2, -0.15) is 4.31 Å². The molecule has 1 aliphatic heterocycles. The standard InChI is InChI=1S/C17H19BrN2O4S2/c1-24-14-4-2-3-13(11-14)12-16(21)19-7-9-20(10-8-19)26(22,23)17-6-5-15(18)25-17/h2-6,11H,7-10,12H2,1H3. The van der Waals surface area contributed by atoms with Crippen molar-refractivity contribution in [1.29, 1.82) is 0 Å². The van der Waals surface area contributed by atoms with Gasteiger partial charge in [-0.3, -0.25) is 4.79 Å². The van der Waals surface area contributed by atoms with Crippen molar-refractivity contribution in [3.8, 4) is 5.75 Å². The molecule has 1 aliphatic rings. The summed E-state index contributed by atoms with van der Waals surface area (Å²) in [6.07, 6.45) is 0.280. The molecule has 1 aromatic carbocycles. The maximum absolute atomic E-state index is 12.6. The van der Waals surface area contributed by atoms with E-state index in [-0.39, 0.29) is 12.3 Å². The molecule has 3 rings (SSSR count). The van der Waals surface area contributed by atoms with Gasteiger partial charge in [0, 0.05) is 26.2 Å². The van der Waals surface area contributed by atoms with E-state index in [1.165, 1.54) is 15.6 Å². The molecule has 1 amide bonds. The molecule has 6 nitrogen and oxygen atoms in total. The predicted molar refractivity (Wildman–Crippen MR) is 104 cm³/mol. The number of halogens is 1. The normalized spacial score (nSPS) is 15.8. The number of benzene rings is 1. The van der Waals surface area contributed by atoms with Gasteiger partial charge in [0.25, 0.3) is 10.0 Å². The van der Waals surface area contributed by atoms with Crippen LogP contribution < -0.4 is 4.74 Å². The van der Waals surface area contributed by atoms with Crippen LogP contribution in [0.2, 0.25) is 0 Å². The quantitative estimate of drug-likeness (QED) is 0.690. The summed E-state index contributed by atoms with van der Waals surface area (Å²) in [6.45, 7) is 1.41. The van der Waals surface area contributed by atoms with E-state index in [0.717, 1.165) is 9.35 Å². The van der Waals surface area contributed by atoms with Crippen LogP contribution in [-0.4, -0.2) is 56.8 Å². The van der Waals surface area contributed by atoms with Gasteiger partial charge in [-0.15, -0.1) is 11.3 Å². The van der Waals surface area contributed by atoms with Crippen molar-refractivity contribution in [3.63, 3.8) is 0 Å². The van der Waals surface area contributed by atoms with Crippen LogP contribution >= 0.6 is 27.3 Å². The number of rotatable bonds is 5. The Morgan fingerprint density at radius 3 is 2.54 bits per heavy atom. The predicted octanol–water partition coefficient (Wildman–Crippen LogP) is 2.59. The van der Waals surface area contributed by atoms with E-state index in [0.29, 0.717) is 36.1 Å². The Bertz CT molecular complexity index is 890. The summed E-state index contributed by atoms with van der Waals surface area (Å²) in [4.78, 5) is 14.2. The maximum atomic E-state index is 12.6. The molecular formula is C17H19BrN2O4S2. The van der Waals surface area contributed by atoms with Crippen LogP contribution in [0.15, 0.2) is 44.4 Å². The third-order valence-electron chi connectivity index (χ3n) is 4.22. The molecule has 26 heavy (non-hydrogen) atoms. The number of carbonyl (C=O) groups is 1. The number of hydrogen-bond acceptors (Lipinski definition) is 5. The summed E-state index contributed by atoms with van der Waals surface area (Å²) in [7, 11) is -1.90. The highest BCUT2D eigenvalue weighted by Gasteiger charge is 2.31. The van der Waals surface area contributed by atoms with Crippen molar-refractivity contribution in [2.75, 3.05) is 33.3 Å². The maximum Gasteiger partial charge on any atom is 0.252 e. The second-order valence-corrected chi connectivity index (χ2v) is 10.5. The van der Waals surface area contributed by atoms with Crippen LogP contribution in [0.3, 0.4) is 0 Å². The van der Waals surface area contributed by atoms with E-state index in [4.69, 9.17) is 4.74 Å². The zero-order chi connectivity index (χ0) is 18.7. The lowest BCUT2D eigenvalue weighted by atomic mass is 10.1. The van der Waals surface area contributed by atoms with Gasteiger partial charge in [-0.1, -0.05) is 12.1 Å². The summed E-state index contributed by atoms with van der Waals surface area (Å²) in [5, 5.41) is 0. The van der Waals surface area contributed by atoms with Gasteiger partial charge >= 0.3 is 0 Å². The van der Waals surface area contributed by atoms with Crippen molar-refractivity contribution in [2.24, 2.45) is 0 Å². The van der Waals surface area contributed by atoms with E-state index < -0.39 is 10.0 Å². The average molecular weight is 459 g/mol. The topological polar surface area (TPSA) is 66.9 Å². The van der Waals surface area contributed by atoms with Crippen LogP contribution in [0.4, 0.5) is 0 Å². The fraction of sp³-hybridized carbons (Fsp3) is 0.353. The van der Waals surface area contributed by atoms with Gasteiger partial charge in [0.05, 0.1) is 17.3 Å². The molecule has 1 aromatic heterocycles. The lowest BCUT2D eigenvalue weighted by Gasteiger charge is -2.33. The van der Waals surface area contributed by atoms with Gasteiger partial charge in [0.15, 0.2) is 0 Å². The lowest BCUT2D eigenvalue weighted by Crippen LogP contribution is -2.50. The number of hydrogen-bond donors (Lipinski definition) is 0. The van der Waals surface area contributed by atoms with E-state index in [1.807, 2.05) is 24.3 Å². The molecular weight excluding hydrogens is 440 g/mol. The Morgan fingerprint density at radius 1 is 1.19 bits per heavy atom. The number of nitrogens with zero attached hydrogens (tertiary/aromatic N) is 2. The summed E-state index contributed by atoms with van der Waals surface area (Å²) in [5.41, 5.74) is 0.882. The molecule has 0 saturated carbocycles. The van der Waals surface area contributed by atoms with Crippen molar-refractivity contribution < 1.29 is 17.9 Å². The molecule has 0 atom stereocenters. The number of ether oxygens (including phenoxy) is 1. The Morgan fingerprint density at radius 2 is 1.92 bits per heavy atom. The minimum absolute atomic E-state index is 0.00540. The molecule has 2 heterocycles. The third-order valence-corrected chi connectivity index (χ3v) is 8.21. The van der Waals surface area contributed by atoms with Gasteiger partial charge < -0.3 is 9.64 Å². The highest BCUT2D eigenvalue weighted by atomic mass is 79.9. The lowest BCUT2D eigenvalue weighted by molar-refractivity contribution is -0.131. The Labute approximate surface area is 165 Å². The molecule has 0 bridgehead atoms. The molecule has 0 N–H and O–H groups in total. The highest BCUT2D eigenvalue weighted by Crippen LogP contribution is 2.29. The van der Waals surface area contributed by atoms with Crippen LogP contribution in [0.5, 0.6) is 5.75 Å². The fourth-order valence-electron chi connectivity index (χ4n) is 2.81. The molecule has 0 aliphatic carbocycles. The smallest absolute Gasteiger partial charge is 0.252 e. The second kappa shape index (κ2) is 8.08. The van der Waals surface area contributed by atoms with Crippen LogP contribution in [0, 0.1) is 0 Å². The van der Waals surface area contributed by atoms with Crippen molar-refractivity contribution >= 4 is 43.2 Å². The summed E-state index contributed by atoms with van der Waals surface area (Å²) in [6, 6.07) is 10.7. The molecule has 2 aromatic rings. The largest absolute Gasteiger partial charge is 0.497 e. The first-order chi connectivity index (χ1) is 12.4. The second-order valence-electron chi connectivity index (χ2n) is 5.87. The first-order valence-corrected chi connectivity index (χ1v) is 11.1. The van der Waals surface area contributed by atoms with E-state index >= 15 is 0 Å². The first kappa shape index (κ1) is 19.3. The zero-order valence-electron chi connectivity index (χ0n) is 14.2. The highest BCUT2D eigenvalue weighted by molar-refractivity contribution is 9.11. The molecule has 1 saturated heterocycles. The Hall–Kier alpha value is -1.42. The van der Waals surface area contributed by atoms with Crippen molar-refractivity contribution in [1.82, 2.24) is 9.21 Å². The zero-order valence-corrected chi connectivity index (χ0v) is 17.4. The minimum Gasteiger partial charge on any atom is -0.497 e. The molecule has 0 radical (unpaired) electrons. The number of methoxy groups -OCH3 is 1. The van der Waals surface area contributed by atoms with Gasteiger partial charge in [0.1, 0.15) is 9.96 Å². The number of piperazine rings is 1. The third kappa shape index (κ3) is 4.28. The van der Waals surface area contributed by atoms with Gasteiger partial charge in [-0.05, 0) is 45.8 Å². The van der Waals surface area contributed by atoms with Crippen molar-refractivity contribution in [3.05, 3.63) is 45.7 Å². The fourth-order valence-corrected chi connectivity index (χ4v) is 6.40. The average Bonchev–Trinajstić information content (AvgIpc) is 3.09.